The topological polar surface area (TPSA) is 85.4 Å². The Morgan fingerprint density at radius 1 is 0.840 bits per heavy atom. The molecule has 1 heterocycles. The lowest BCUT2D eigenvalue weighted by atomic mass is 10.1. The molecule has 0 aliphatic carbocycles. The van der Waals surface area contributed by atoms with Crippen molar-refractivity contribution in [1.29, 1.82) is 0 Å². The van der Waals surface area contributed by atoms with Gasteiger partial charge in [-0.1, -0.05) is 12.2 Å². The van der Waals surface area contributed by atoms with Crippen molar-refractivity contribution in [2.24, 2.45) is 0 Å². The first-order chi connectivity index (χ1) is 11.3. The molecule has 8 heteroatoms. The molecule has 0 aromatic carbocycles. The van der Waals surface area contributed by atoms with Gasteiger partial charge in [-0.2, -0.15) is 5.01 Å². The summed E-state index contributed by atoms with van der Waals surface area (Å²) in [5.74, 6) is -0.692. The number of methoxy groups -OCH3 is 1. The van der Waals surface area contributed by atoms with E-state index in [-0.39, 0.29) is 0 Å². The molecule has 25 heavy (non-hydrogen) atoms. The third-order valence-electron chi connectivity index (χ3n) is 3.06. The first-order valence-corrected chi connectivity index (χ1v) is 8.07. The first-order valence-electron chi connectivity index (χ1n) is 8.07. The number of amides is 2. The van der Waals surface area contributed by atoms with Crippen LogP contribution in [-0.2, 0) is 19.0 Å². The molecule has 0 aromatic rings. The van der Waals surface area contributed by atoms with Crippen molar-refractivity contribution >= 4 is 18.2 Å². The lowest BCUT2D eigenvalue weighted by molar-refractivity contribution is -0.153. The summed E-state index contributed by atoms with van der Waals surface area (Å²) in [5, 5.41) is 2.01. The maximum Gasteiger partial charge on any atom is 0.430 e. The van der Waals surface area contributed by atoms with Gasteiger partial charge in [0, 0.05) is 0 Å². The number of hydrogen-bond donors (Lipinski definition) is 0. The molecule has 0 radical (unpaired) electrons. The summed E-state index contributed by atoms with van der Waals surface area (Å²) < 4.78 is 15.5. The van der Waals surface area contributed by atoms with Crippen molar-refractivity contribution in [1.82, 2.24) is 10.0 Å². The summed E-state index contributed by atoms with van der Waals surface area (Å²) in [4.78, 5) is 37.4. The Morgan fingerprint density at radius 3 is 1.68 bits per heavy atom. The van der Waals surface area contributed by atoms with Crippen LogP contribution in [-0.4, -0.2) is 58.6 Å². The summed E-state index contributed by atoms with van der Waals surface area (Å²) in [6.07, 6.45) is 1.53. The Bertz CT molecular complexity index is 558. The summed E-state index contributed by atoms with van der Waals surface area (Å²) in [6, 6.07) is -1.63. The van der Waals surface area contributed by atoms with E-state index in [1.54, 1.807) is 54.5 Å². The molecule has 0 bridgehead atoms. The normalized spacial score (nSPS) is 21.0. The van der Waals surface area contributed by atoms with E-state index in [0.29, 0.717) is 0 Å². The van der Waals surface area contributed by atoms with E-state index in [4.69, 9.17) is 14.2 Å². The van der Waals surface area contributed by atoms with Gasteiger partial charge >= 0.3 is 18.2 Å². The first kappa shape index (κ1) is 20.8. The van der Waals surface area contributed by atoms with E-state index in [9.17, 15) is 14.4 Å². The van der Waals surface area contributed by atoms with Crippen LogP contribution in [0.5, 0.6) is 0 Å². The Hall–Kier alpha value is -2.25. The van der Waals surface area contributed by atoms with Crippen molar-refractivity contribution in [2.45, 2.75) is 71.8 Å². The molecule has 2 atom stereocenters. The molecule has 1 aliphatic rings. The average Bonchev–Trinajstić information content (AvgIpc) is 2.42. The van der Waals surface area contributed by atoms with Gasteiger partial charge in [0.1, 0.15) is 11.2 Å². The minimum Gasteiger partial charge on any atom is -0.467 e. The fraction of sp³-hybridized carbons (Fsp3) is 0.706. The van der Waals surface area contributed by atoms with E-state index >= 15 is 0 Å². The van der Waals surface area contributed by atoms with Gasteiger partial charge in [-0.05, 0) is 48.5 Å². The monoisotopic (exact) mass is 356 g/mol. The molecule has 0 N–H and O–H groups in total. The van der Waals surface area contributed by atoms with E-state index < -0.39 is 41.4 Å². The highest BCUT2D eigenvalue weighted by atomic mass is 16.6. The Labute approximate surface area is 148 Å². The zero-order valence-corrected chi connectivity index (χ0v) is 16.2. The zero-order chi connectivity index (χ0) is 19.6. The Balaban J connectivity index is 3.28. The van der Waals surface area contributed by atoms with Crippen LogP contribution in [0.2, 0.25) is 0 Å². The molecular formula is C17H28N2O6. The largest absolute Gasteiger partial charge is 0.467 e. The predicted molar refractivity (Wildman–Crippen MR) is 90.6 cm³/mol. The van der Waals surface area contributed by atoms with E-state index in [1.807, 2.05) is 0 Å². The SMILES string of the molecule is COC(=O)C1C=CC(C)N(C(=O)OC(C)(C)C)N1C(=O)OC(C)(C)C. The number of hydrazine groups is 1. The highest BCUT2D eigenvalue weighted by Crippen LogP contribution is 2.24. The Morgan fingerprint density at radius 2 is 1.28 bits per heavy atom. The highest BCUT2D eigenvalue weighted by Gasteiger charge is 2.44. The fourth-order valence-corrected chi connectivity index (χ4v) is 2.13. The molecule has 0 aromatic heterocycles. The van der Waals surface area contributed by atoms with Crippen LogP contribution < -0.4 is 0 Å². The van der Waals surface area contributed by atoms with Crippen LogP contribution in [0.3, 0.4) is 0 Å². The van der Waals surface area contributed by atoms with Crippen molar-refractivity contribution in [2.75, 3.05) is 7.11 Å². The molecule has 8 nitrogen and oxygen atoms in total. The van der Waals surface area contributed by atoms with Crippen LogP contribution in [0.1, 0.15) is 48.5 Å². The number of esters is 1. The van der Waals surface area contributed by atoms with Gasteiger partial charge in [-0.15, -0.1) is 0 Å². The van der Waals surface area contributed by atoms with E-state index in [1.165, 1.54) is 13.2 Å². The van der Waals surface area contributed by atoms with E-state index in [0.717, 1.165) is 10.0 Å². The van der Waals surface area contributed by atoms with Crippen molar-refractivity contribution < 1.29 is 28.6 Å². The van der Waals surface area contributed by atoms with Crippen molar-refractivity contribution in [3.8, 4) is 0 Å². The molecule has 1 rings (SSSR count). The second kappa shape index (κ2) is 7.33. The lowest BCUT2D eigenvalue weighted by Crippen LogP contribution is -2.62. The van der Waals surface area contributed by atoms with Crippen LogP contribution in [0, 0.1) is 0 Å². The third-order valence-corrected chi connectivity index (χ3v) is 3.06. The quantitative estimate of drug-likeness (QED) is 0.408. The van der Waals surface area contributed by atoms with Gasteiger partial charge in [0.2, 0.25) is 0 Å². The third kappa shape index (κ3) is 5.65. The van der Waals surface area contributed by atoms with Gasteiger partial charge in [-0.25, -0.2) is 19.4 Å². The molecule has 2 amide bonds. The number of ether oxygens (including phenoxy) is 3. The maximum absolute atomic E-state index is 12.7. The van der Waals surface area contributed by atoms with Crippen molar-refractivity contribution in [3.63, 3.8) is 0 Å². The molecule has 142 valence electrons. The van der Waals surface area contributed by atoms with E-state index in [2.05, 4.69) is 0 Å². The standard InChI is InChI=1S/C17H28N2O6/c1-11-9-10-12(13(20)23-8)19(15(22)25-17(5,6)7)18(11)14(21)24-16(2,3)4/h9-12H,1-8H3. The lowest BCUT2D eigenvalue weighted by Gasteiger charge is -2.43. The Kier molecular flexibility index (Phi) is 6.09. The molecular weight excluding hydrogens is 328 g/mol. The molecule has 2 unspecified atom stereocenters. The minimum absolute atomic E-state index is 0.511. The highest BCUT2D eigenvalue weighted by molar-refractivity contribution is 5.85. The van der Waals surface area contributed by atoms with Gasteiger partial charge < -0.3 is 14.2 Å². The number of nitrogens with zero attached hydrogens (tertiary/aromatic N) is 2. The number of rotatable bonds is 1. The summed E-state index contributed by atoms with van der Waals surface area (Å²) in [5.41, 5.74) is -1.57. The molecule has 0 spiro atoms. The molecule has 0 saturated carbocycles. The summed E-state index contributed by atoms with van der Waals surface area (Å²) in [6.45, 7) is 11.9. The van der Waals surface area contributed by atoms with Crippen LogP contribution in [0.25, 0.3) is 0 Å². The van der Waals surface area contributed by atoms with Crippen LogP contribution in [0.4, 0.5) is 9.59 Å². The number of carbonyl (C=O) groups is 3. The number of carbonyl (C=O) groups excluding carboxylic acids is 3. The summed E-state index contributed by atoms with van der Waals surface area (Å²) >= 11 is 0. The fourth-order valence-electron chi connectivity index (χ4n) is 2.13. The van der Waals surface area contributed by atoms with Crippen LogP contribution in [0.15, 0.2) is 12.2 Å². The minimum atomic E-state index is -1.12. The second-order valence-electron chi connectivity index (χ2n) is 7.74. The van der Waals surface area contributed by atoms with Gasteiger partial charge in [0.25, 0.3) is 0 Å². The van der Waals surface area contributed by atoms with Crippen LogP contribution >= 0.6 is 0 Å². The maximum atomic E-state index is 12.7. The van der Waals surface area contributed by atoms with Gasteiger partial charge in [0.15, 0.2) is 6.04 Å². The van der Waals surface area contributed by atoms with Gasteiger partial charge in [-0.3, -0.25) is 0 Å². The van der Waals surface area contributed by atoms with Crippen molar-refractivity contribution in [3.05, 3.63) is 12.2 Å². The average molecular weight is 356 g/mol. The zero-order valence-electron chi connectivity index (χ0n) is 16.2. The predicted octanol–water partition coefficient (Wildman–Crippen LogP) is 2.88. The van der Waals surface area contributed by atoms with Gasteiger partial charge in [0.05, 0.1) is 13.2 Å². The second-order valence-corrected chi connectivity index (χ2v) is 7.74. The molecule has 1 aliphatic heterocycles. The molecule has 0 fully saturated rings. The smallest absolute Gasteiger partial charge is 0.430 e. The summed E-state index contributed by atoms with van der Waals surface area (Å²) in [7, 11) is 1.21. The number of hydrogen-bond acceptors (Lipinski definition) is 6. The molecule has 0 saturated heterocycles.